The number of aromatic hydroxyl groups is 1. The van der Waals surface area contributed by atoms with Crippen LogP contribution in [-0.2, 0) is 19.1 Å². The summed E-state index contributed by atoms with van der Waals surface area (Å²) in [6.45, 7) is 0.688. The van der Waals surface area contributed by atoms with Crippen molar-refractivity contribution in [3.8, 4) is 11.8 Å². The van der Waals surface area contributed by atoms with E-state index in [0.29, 0.717) is 18.7 Å². The second kappa shape index (κ2) is 7.16. The number of phenols is 1. The number of nitrogens with zero attached hydrogens (tertiary/aromatic N) is 1. The van der Waals surface area contributed by atoms with Crippen molar-refractivity contribution >= 4 is 0 Å². The molecule has 0 aliphatic carbocycles. The summed E-state index contributed by atoms with van der Waals surface area (Å²) in [6.07, 6.45) is -4.31. The van der Waals surface area contributed by atoms with Gasteiger partial charge < -0.3 is 10.4 Å². The summed E-state index contributed by atoms with van der Waals surface area (Å²) in [5, 5.41) is 21.4. The van der Waals surface area contributed by atoms with Crippen LogP contribution in [0.3, 0.4) is 0 Å². The molecular weight excluding hydrogens is 305 g/mol. The van der Waals surface area contributed by atoms with Crippen molar-refractivity contribution in [1.29, 1.82) is 5.26 Å². The molecule has 120 valence electrons. The van der Waals surface area contributed by atoms with Gasteiger partial charge in [-0.3, -0.25) is 0 Å². The molecule has 2 rings (SSSR count). The van der Waals surface area contributed by atoms with Crippen molar-refractivity contribution in [2.24, 2.45) is 0 Å². The number of para-hydroxylation sites is 1. The predicted octanol–water partition coefficient (Wildman–Crippen LogP) is 3.61. The highest BCUT2D eigenvalue weighted by Crippen LogP contribution is 2.32. The van der Waals surface area contributed by atoms with Crippen molar-refractivity contribution < 1.29 is 18.3 Å². The minimum absolute atomic E-state index is 0.0109. The highest BCUT2D eigenvalue weighted by Gasteiger charge is 2.33. The third-order valence-corrected chi connectivity index (χ3v) is 3.42. The van der Waals surface area contributed by atoms with Gasteiger partial charge in [0.05, 0.1) is 17.2 Å². The van der Waals surface area contributed by atoms with E-state index in [-0.39, 0.29) is 23.3 Å². The number of hydrogen-bond donors (Lipinski definition) is 2. The van der Waals surface area contributed by atoms with Crippen LogP contribution in [0.4, 0.5) is 13.2 Å². The average molecular weight is 320 g/mol. The van der Waals surface area contributed by atoms with E-state index in [2.05, 4.69) is 5.32 Å². The minimum Gasteiger partial charge on any atom is -0.508 e. The fraction of sp³-hybridized carbons (Fsp3) is 0.235. The fourth-order valence-corrected chi connectivity index (χ4v) is 2.23. The van der Waals surface area contributed by atoms with Gasteiger partial charge >= 0.3 is 6.18 Å². The maximum atomic E-state index is 13.0. The number of benzene rings is 2. The summed E-state index contributed by atoms with van der Waals surface area (Å²) < 4.78 is 39.1. The van der Waals surface area contributed by atoms with E-state index in [0.717, 1.165) is 6.07 Å². The molecule has 0 aliphatic heterocycles. The molecule has 0 radical (unpaired) electrons. The second-order valence-corrected chi connectivity index (χ2v) is 5.04. The molecular formula is C17H15F3N2O. The van der Waals surface area contributed by atoms with Crippen molar-refractivity contribution in [2.75, 3.05) is 6.54 Å². The molecule has 2 N–H and O–H groups in total. The molecule has 23 heavy (non-hydrogen) atoms. The zero-order valence-corrected chi connectivity index (χ0v) is 12.2. The molecule has 6 heteroatoms. The number of nitrogens with one attached hydrogen (secondary N) is 1. The monoisotopic (exact) mass is 320 g/mol. The Morgan fingerprint density at radius 1 is 1.09 bits per heavy atom. The lowest BCUT2D eigenvalue weighted by Gasteiger charge is -2.13. The zero-order chi connectivity index (χ0) is 16.9. The molecule has 0 aromatic heterocycles. The first-order valence-corrected chi connectivity index (χ1v) is 6.99. The van der Waals surface area contributed by atoms with Crippen LogP contribution in [0.25, 0.3) is 0 Å². The molecule has 0 spiro atoms. The molecule has 0 unspecified atom stereocenters. The standard InChI is InChI=1S/C17H15F3N2O/c18-17(19,20)15-9-12(10-21)5-6-13(15)7-8-22-11-14-3-1-2-4-16(14)23/h1-6,9,22-23H,7-8,11H2. The summed E-state index contributed by atoms with van der Waals surface area (Å²) in [5.74, 6) is 0.148. The molecule has 0 saturated carbocycles. The van der Waals surface area contributed by atoms with Crippen molar-refractivity contribution in [2.45, 2.75) is 19.1 Å². The third kappa shape index (κ3) is 4.47. The lowest BCUT2D eigenvalue weighted by Crippen LogP contribution is -2.19. The highest BCUT2D eigenvalue weighted by atomic mass is 19.4. The van der Waals surface area contributed by atoms with Crippen molar-refractivity contribution in [3.63, 3.8) is 0 Å². The Balaban J connectivity index is 2.01. The summed E-state index contributed by atoms with van der Waals surface area (Å²) in [5.41, 5.74) is 0.0359. The van der Waals surface area contributed by atoms with E-state index in [1.165, 1.54) is 12.1 Å². The Morgan fingerprint density at radius 3 is 2.48 bits per heavy atom. The van der Waals surface area contributed by atoms with Crippen LogP contribution in [-0.4, -0.2) is 11.7 Å². The van der Waals surface area contributed by atoms with E-state index >= 15 is 0 Å². The first-order valence-electron chi connectivity index (χ1n) is 6.99. The SMILES string of the molecule is N#Cc1ccc(CCNCc2ccccc2O)c(C(F)(F)F)c1. The number of hydrogen-bond acceptors (Lipinski definition) is 3. The van der Waals surface area contributed by atoms with Crippen LogP contribution in [0.5, 0.6) is 5.75 Å². The van der Waals surface area contributed by atoms with Crippen LogP contribution < -0.4 is 5.32 Å². The van der Waals surface area contributed by atoms with Gasteiger partial charge in [0, 0.05) is 12.1 Å². The molecule has 0 amide bonds. The summed E-state index contributed by atoms with van der Waals surface area (Å²) in [7, 11) is 0. The zero-order valence-electron chi connectivity index (χ0n) is 12.2. The van der Waals surface area contributed by atoms with Crippen LogP contribution in [0.15, 0.2) is 42.5 Å². The van der Waals surface area contributed by atoms with Crippen LogP contribution in [0, 0.1) is 11.3 Å². The van der Waals surface area contributed by atoms with E-state index in [1.54, 1.807) is 30.3 Å². The molecule has 0 fully saturated rings. The Labute approximate surface area is 132 Å². The Kier molecular flexibility index (Phi) is 5.24. The molecule has 2 aromatic rings. The summed E-state index contributed by atoms with van der Waals surface area (Å²) in [6, 6.07) is 12.1. The molecule has 0 aliphatic rings. The van der Waals surface area contributed by atoms with Gasteiger partial charge in [-0.1, -0.05) is 24.3 Å². The van der Waals surface area contributed by atoms with Gasteiger partial charge in [0.1, 0.15) is 5.75 Å². The summed E-state index contributed by atoms with van der Waals surface area (Å²) >= 11 is 0. The van der Waals surface area contributed by atoms with Gasteiger partial charge in [-0.05, 0) is 36.7 Å². The number of halogens is 3. The first-order chi connectivity index (χ1) is 10.9. The van der Waals surface area contributed by atoms with Gasteiger partial charge in [0.25, 0.3) is 0 Å². The Morgan fingerprint density at radius 2 is 1.83 bits per heavy atom. The van der Waals surface area contributed by atoms with Gasteiger partial charge in [0.2, 0.25) is 0 Å². The van der Waals surface area contributed by atoms with E-state index in [1.807, 2.05) is 0 Å². The fourth-order valence-electron chi connectivity index (χ4n) is 2.23. The van der Waals surface area contributed by atoms with Gasteiger partial charge in [0.15, 0.2) is 0 Å². The van der Waals surface area contributed by atoms with Gasteiger partial charge in [-0.25, -0.2) is 0 Å². The lowest BCUT2D eigenvalue weighted by molar-refractivity contribution is -0.138. The smallest absolute Gasteiger partial charge is 0.416 e. The molecule has 3 nitrogen and oxygen atoms in total. The predicted molar refractivity (Wildman–Crippen MR) is 79.7 cm³/mol. The molecule has 0 bridgehead atoms. The quantitative estimate of drug-likeness (QED) is 0.827. The van der Waals surface area contributed by atoms with Gasteiger partial charge in [-0.2, -0.15) is 18.4 Å². The summed E-state index contributed by atoms with van der Waals surface area (Å²) in [4.78, 5) is 0. The van der Waals surface area contributed by atoms with E-state index in [9.17, 15) is 18.3 Å². The normalized spacial score (nSPS) is 11.2. The van der Waals surface area contributed by atoms with Gasteiger partial charge in [-0.15, -0.1) is 0 Å². The molecule has 2 aromatic carbocycles. The molecule has 0 saturated heterocycles. The number of phenolic OH excluding ortho intramolecular Hbond substituents is 1. The average Bonchev–Trinajstić information content (AvgIpc) is 2.52. The Bertz CT molecular complexity index is 721. The molecule has 0 atom stereocenters. The Hall–Kier alpha value is -2.52. The lowest BCUT2D eigenvalue weighted by atomic mass is 10.0. The van der Waals surface area contributed by atoms with Crippen LogP contribution >= 0.6 is 0 Å². The van der Waals surface area contributed by atoms with Crippen LogP contribution in [0.1, 0.15) is 22.3 Å². The van der Waals surface area contributed by atoms with E-state index in [4.69, 9.17) is 5.26 Å². The first kappa shape index (κ1) is 16.8. The minimum atomic E-state index is -4.49. The van der Waals surface area contributed by atoms with Crippen molar-refractivity contribution in [3.05, 3.63) is 64.7 Å². The maximum Gasteiger partial charge on any atom is 0.416 e. The number of rotatable bonds is 5. The van der Waals surface area contributed by atoms with E-state index < -0.39 is 11.7 Å². The topological polar surface area (TPSA) is 56.0 Å². The third-order valence-electron chi connectivity index (χ3n) is 3.42. The number of alkyl halides is 3. The highest BCUT2D eigenvalue weighted by molar-refractivity contribution is 5.40. The number of nitriles is 1. The maximum absolute atomic E-state index is 13.0. The van der Waals surface area contributed by atoms with Crippen molar-refractivity contribution in [1.82, 2.24) is 5.32 Å². The van der Waals surface area contributed by atoms with Crippen LogP contribution in [0.2, 0.25) is 0 Å². The molecule has 0 heterocycles. The largest absolute Gasteiger partial charge is 0.508 e. The second-order valence-electron chi connectivity index (χ2n) is 5.04.